The number of carbonyl (C=O) groups is 1. The monoisotopic (exact) mass is 1030 g/mol. The number of carbonyl (C=O) groups excluding carboxylic acids is 1. The van der Waals surface area contributed by atoms with Crippen LogP contribution in [-0.2, 0) is 38.3 Å². The van der Waals surface area contributed by atoms with Crippen molar-refractivity contribution in [2.45, 2.75) is 243 Å². The van der Waals surface area contributed by atoms with Crippen LogP contribution in [0.3, 0.4) is 0 Å². The number of rotatable bonds is 48. The Hall–Kier alpha value is -2.98. The van der Waals surface area contributed by atoms with Crippen LogP contribution in [0.4, 0.5) is 0 Å². The van der Waals surface area contributed by atoms with E-state index in [-0.39, 0.29) is 19.6 Å². The van der Waals surface area contributed by atoms with Crippen LogP contribution in [-0.4, -0.2) is 97.5 Å². The van der Waals surface area contributed by atoms with Crippen LogP contribution in [0.2, 0.25) is 0 Å². The molecule has 0 aliphatic carbocycles. The molecule has 72 heavy (non-hydrogen) atoms. The predicted octanol–water partition coefficient (Wildman–Crippen LogP) is 13.8. The van der Waals surface area contributed by atoms with Gasteiger partial charge < -0.3 is 34.3 Å². The van der Waals surface area contributed by atoms with E-state index in [4.69, 9.17) is 18.9 Å². The van der Waals surface area contributed by atoms with E-state index >= 15 is 0 Å². The number of unbranched alkanes of at least 4 members (excludes halogenated alkanes) is 19. The van der Waals surface area contributed by atoms with Gasteiger partial charge in [-0.1, -0.05) is 201 Å². The standard InChI is InChI=1S/C59H100O12S/c1-3-5-7-9-11-13-15-17-19-21-23-25-27-28-30-32-34-36-38-40-42-44-46-48-55(61)69-53(52-68-59-57(63)58(71-72(64,65)66)56(62)54(50-60)70-59)51-67-49-47-45-43-41-39-37-35-33-31-29-26-24-22-20-18-16-14-12-10-8-6-4-2/h6,8,12,14-15,17-18,20-21,23-24,26-28,31,33,53-54,56-60,62-63H,3-5,7,9-11,13,16,19,22,25,29-30,32,34-52H2,1-2H3,(H,64,65,66)/b8-6-,14-12-,17-15-,20-18-,23-21-,26-24-,28-27-,33-31-. The van der Waals surface area contributed by atoms with Crippen molar-refractivity contribution in [1.29, 1.82) is 0 Å². The number of ether oxygens (including phenoxy) is 4. The Morgan fingerprint density at radius 3 is 1.40 bits per heavy atom. The Morgan fingerprint density at radius 1 is 0.542 bits per heavy atom. The molecule has 1 aliphatic heterocycles. The zero-order valence-electron chi connectivity index (χ0n) is 44.7. The molecule has 0 radical (unpaired) electrons. The van der Waals surface area contributed by atoms with E-state index in [1.54, 1.807) is 0 Å². The molecule has 0 bridgehead atoms. The summed E-state index contributed by atoms with van der Waals surface area (Å²) in [5.74, 6) is -0.415. The lowest BCUT2D eigenvalue weighted by Crippen LogP contribution is -2.60. The Kier molecular flexibility index (Phi) is 45.6. The third kappa shape index (κ3) is 41.4. The first-order chi connectivity index (χ1) is 35.1. The Balaban J connectivity index is 2.35. The minimum Gasteiger partial charge on any atom is -0.457 e. The molecule has 414 valence electrons. The van der Waals surface area contributed by atoms with Crippen molar-refractivity contribution in [2.24, 2.45) is 0 Å². The average molecular weight is 1030 g/mol. The van der Waals surface area contributed by atoms with E-state index in [1.807, 2.05) is 0 Å². The van der Waals surface area contributed by atoms with E-state index in [2.05, 4.69) is 115 Å². The second kappa shape index (κ2) is 48.9. The van der Waals surface area contributed by atoms with Gasteiger partial charge in [0.05, 0.1) is 19.8 Å². The van der Waals surface area contributed by atoms with E-state index in [9.17, 15) is 33.1 Å². The molecule has 13 heteroatoms. The lowest BCUT2D eigenvalue weighted by molar-refractivity contribution is -0.301. The quantitative estimate of drug-likeness (QED) is 0.0196. The Labute approximate surface area is 437 Å². The van der Waals surface area contributed by atoms with Crippen molar-refractivity contribution in [3.05, 3.63) is 97.2 Å². The molecule has 1 aliphatic rings. The molecular weight excluding hydrogens is 933 g/mol. The maximum absolute atomic E-state index is 13.0. The third-order valence-corrected chi connectivity index (χ3v) is 12.7. The fourth-order valence-corrected chi connectivity index (χ4v) is 8.51. The van der Waals surface area contributed by atoms with Crippen LogP contribution in [0.5, 0.6) is 0 Å². The van der Waals surface area contributed by atoms with Gasteiger partial charge in [-0.15, -0.1) is 0 Å². The number of esters is 1. The second-order valence-corrected chi connectivity index (χ2v) is 19.8. The first kappa shape index (κ1) is 67.0. The minimum atomic E-state index is -5.08. The summed E-state index contributed by atoms with van der Waals surface area (Å²) < 4.78 is 59.4. The molecule has 0 amide bonds. The molecule has 1 heterocycles. The van der Waals surface area contributed by atoms with Crippen molar-refractivity contribution in [3.63, 3.8) is 0 Å². The van der Waals surface area contributed by atoms with Gasteiger partial charge in [0, 0.05) is 13.0 Å². The fraction of sp³-hybridized carbons (Fsp3) is 0.712. The largest absolute Gasteiger partial charge is 0.457 e. The maximum Gasteiger partial charge on any atom is 0.397 e. The van der Waals surface area contributed by atoms with Gasteiger partial charge in [0.2, 0.25) is 0 Å². The molecule has 1 fully saturated rings. The second-order valence-electron chi connectivity index (χ2n) is 18.8. The van der Waals surface area contributed by atoms with Crippen LogP contribution in [0.1, 0.15) is 206 Å². The summed E-state index contributed by atoms with van der Waals surface area (Å²) in [6.45, 7) is 3.82. The number of allylic oxidation sites excluding steroid dienone is 16. The lowest BCUT2D eigenvalue weighted by atomic mass is 9.99. The predicted molar refractivity (Wildman–Crippen MR) is 294 cm³/mol. The average Bonchev–Trinajstić information content (AvgIpc) is 3.36. The van der Waals surface area contributed by atoms with Gasteiger partial charge >= 0.3 is 16.4 Å². The molecule has 0 aromatic rings. The van der Waals surface area contributed by atoms with Crippen molar-refractivity contribution in [3.8, 4) is 0 Å². The van der Waals surface area contributed by atoms with Crippen LogP contribution in [0.25, 0.3) is 0 Å². The molecule has 0 aromatic carbocycles. The Bertz CT molecular complexity index is 1620. The first-order valence-corrected chi connectivity index (χ1v) is 29.4. The van der Waals surface area contributed by atoms with E-state index in [0.29, 0.717) is 13.0 Å². The zero-order valence-corrected chi connectivity index (χ0v) is 45.5. The molecule has 0 spiro atoms. The molecular formula is C59H100O12S. The number of aliphatic hydroxyl groups is 3. The Morgan fingerprint density at radius 2 is 0.958 bits per heavy atom. The number of aliphatic hydroxyl groups excluding tert-OH is 3. The highest BCUT2D eigenvalue weighted by molar-refractivity contribution is 7.80. The molecule has 0 saturated carbocycles. The number of hydrogen-bond acceptors (Lipinski definition) is 11. The fourth-order valence-electron chi connectivity index (χ4n) is 8.00. The van der Waals surface area contributed by atoms with Gasteiger partial charge in [-0.3, -0.25) is 9.35 Å². The maximum atomic E-state index is 13.0. The van der Waals surface area contributed by atoms with Crippen LogP contribution in [0, 0.1) is 0 Å². The molecule has 6 atom stereocenters. The highest BCUT2D eigenvalue weighted by atomic mass is 32.3. The van der Waals surface area contributed by atoms with E-state index in [0.717, 1.165) is 109 Å². The molecule has 12 nitrogen and oxygen atoms in total. The highest BCUT2D eigenvalue weighted by Crippen LogP contribution is 2.26. The van der Waals surface area contributed by atoms with Gasteiger partial charge in [-0.2, -0.15) is 8.42 Å². The lowest BCUT2D eigenvalue weighted by Gasteiger charge is -2.41. The minimum absolute atomic E-state index is 0.0167. The van der Waals surface area contributed by atoms with Crippen LogP contribution < -0.4 is 0 Å². The third-order valence-electron chi connectivity index (χ3n) is 12.2. The van der Waals surface area contributed by atoms with Gasteiger partial charge in [0.25, 0.3) is 0 Å². The molecule has 4 N–H and O–H groups in total. The van der Waals surface area contributed by atoms with Gasteiger partial charge in [-0.05, 0) is 96.3 Å². The van der Waals surface area contributed by atoms with E-state index < -0.39 is 59.8 Å². The summed E-state index contributed by atoms with van der Waals surface area (Å²) in [6.07, 6.45) is 58.6. The van der Waals surface area contributed by atoms with Crippen molar-refractivity contribution < 1.29 is 56.2 Å². The van der Waals surface area contributed by atoms with Crippen LogP contribution in [0.15, 0.2) is 97.2 Å². The van der Waals surface area contributed by atoms with Crippen LogP contribution >= 0.6 is 0 Å². The molecule has 6 unspecified atom stereocenters. The number of hydrogen-bond donors (Lipinski definition) is 4. The summed E-state index contributed by atoms with van der Waals surface area (Å²) >= 11 is 0. The summed E-state index contributed by atoms with van der Waals surface area (Å²) in [5.41, 5.74) is 0. The normalized spacial score (nSPS) is 19.7. The van der Waals surface area contributed by atoms with Gasteiger partial charge in [0.1, 0.15) is 30.5 Å². The summed E-state index contributed by atoms with van der Waals surface area (Å²) in [5, 5.41) is 30.8. The smallest absolute Gasteiger partial charge is 0.397 e. The zero-order chi connectivity index (χ0) is 52.4. The summed E-state index contributed by atoms with van der Waals surface area (Å²) in [4.78, 5) is 13.0. The molecule has 1 saturated heterocycles. The van der Waals surface area contributed by atoms with Crippen molar-refractivity contribution in [1.82, 2.24) is 0 Å². The summed E-state index contributed by atoms with van der Waals surface area (Å²) in [7, 11) is -5.08. The van der Waals surface area contributed by atoms with Gasteiger partial charge in [-0.25, -0.2) is 4.18 Å². The van der Waals surface area contributed by atoms with Crippen molar-refractivity contribution >= 4 is 16.4 Å². The van der Waals surface area contributed by atoms with Crippen molar-refractivity contribution in [2.75, 3.05) is 26.4 Å². The summed E-state index contributed by atoms with van der Waals surface area (Å²) in [6, 6.07) is 0. The van der Waals surface area contributed by atoms with E-state index in [1.165, 1.54) is 70.6 Å². The molecule has 1 rings (SSSR count). The highest BCUT2D eigenvalue weighted by Gasteiger charge is 2.48. The molecule has 0 aromatic heterocycles. The first-order valence-electron chi connectivity index (χ1n) is 28.0. The topological polar surface area (TPSA) is 178 Å². The van der Waals surface area contributed by atoms with Gasteiger partial charge in [0.15, 0.2) is 6.29 Å². The SMILES string of the molecule is CC/C=C\C/C=C\C/C=C\C/C=C\C/C=C\CCCCCCCCOCC(COC1OC(CO)C(O)C(OS(=O)(=O)O)C1O)OC(=O)CCCCCCCCCC/C=C\C/C=C\C/C=C\CCCCCCC.